The highest BCUT2D eigenvalue weighted by molar-refractivity contribution is 9.10. The molecule has 0 fully saturated rings. The van der Waals surface area contributed by atoms with Gasteiger partial charge in [-0.15, -0.1) is 0 Å². The number of hydrogen-bond donors (Lipinski definition) is 0. The van der Waals surface area contributed by atoms with Gasteiger partial charge in [0, 0.05) is 20.9 Å². The molecule has 0 aliphatic heterocycles. The van der Waals surface area contributed by atoms with E-state index in [2.05, 4.69) is 119 Å². The summed E-state index contributed by atoms with van der Waals surface area (Å²) in [5.74, 6) is 0. The molecule has 3 heteroatoms. The third-order valence-electron chi connectivity index (χ3n) is 5.06. The molecule has 0 aliphatic carbocycles. The molecule has 1 nitrogen and oxygen atoms in total. The van der Waals surface area contributed by atoms with Crippen LogP contribution in [0.25, 0.3) is 38.6 Å². The van der Waals surface area contributed by atoms with E-state index in [0.29, 0.717) is 0 Å². The van der Waals surface area contributed by atoms with Crippen LogP contribution in [-0.4, -0.2) is 12.4 Å². The van der Waals surface area contributed by atoms with E-state index in [1.807, 2.05) is 0 Å². The van der Waals surface area contributed by atoms with Crippen LogP contribution >= 0.6 is 15.9 Å². The van der Waals surface area contributed by atoms with Gasteiger partial charge in [-0.3, -0.25) is 0 Å². The van der Waals surface area contributed by atoms with E-state index in [9.17, 15) is 0 Å². The van der Waals surface area contributed by atoms with Crippen LogP contribution < -0.4 is 5.46 Å². The molecule has 0 radical (unpaired) electrons. The van der Waals surface area contributed by atoms with E-state index in [-0.39, 0.29) is 0 Å². The topological polar surface area (TPSA) is 4.93 Å². The molecule has 0 atom stereocenters. The van der Waals surface area contributed by atoms with Gasteiger partial charge in [0.15, 0.2) is 0 Å². The fourth-order valence-corrected chi connectivity index (χ4v) is 4.52. The van der Waals surface area contributed by atoms with Crippen LogP contribution in [-0.2, 0) is 0 Å². The van der Waals surface area contributed by atoms with E-state index in [0.717, 1.165) is 4.47 Å². The molecular weight excluding hydrogens is 393 g/mol. The molecule has 0 aliphatic rings. The van der Waals surface area contributed by atoms with Crippen LogP contribution in [0.1, 0.15) is 0 Å². The van der Waals surface area contributed by atoms with Gasteiger partial charge in [-0.2, -0.15) is 0 Å². The van der Waals surface area contributed by atoms with Gasteiger partial charge in [0.25, 0.3) is 0 Å². The van der Waals surface area contributed by atoms with Crippen LogP contribution in [0.2, 0.25) is 0 Å². The molecule has 1 aromatic heterocycles. The standard InChI is InChI=1S/C24H17BBrN/c25-18-12-17(13-19(26)15-18)16-10-11-24-22(14-16)21-8-4-5-9-23(21)27(24)20-6-2-1-3-7-20/h1-15H,25H2. The van der Waals surface area contributed by atoms with Crippen molar-refractivity contribution in [2.75, 3.05) is 0 Å². The summed E-state index contributed by atoms with van der Waals surface area (Å²) in [4.78, 5) is 0. The number of para-hydroxylation sites is 2. The Morgan fingerprint density at radius 2 is 1.37 bits per heavy atom. The number of benzene rings is 4. The minimum absolute atomic E-state index is 1.12. The largest absolute Gasteiger partial charge is 0.309 e. The number of aromatic nitrogens is 1. The lowest BCUT2D eigenvalue weighted by molar-refractivity contribution is 1.18. The molecule has 0 spiro atoms. The van der Waals surface area contributed by atoms with Crippen molar-refractivity contribution in [2.24, 2.45) is 0 Å². The van der Waals surface area contributed by atoms with Gasteiger partial charge in [-0.25, -0.2) is 0 Å². The molecule has 0 amide bonds. The Labute approximate surface area is 167 Å². The fourth-order valence-electron chi connectivity index (χ4n) is 3.91. The molecule has 1 heterocycles. The Bertz CT molecular complexity index is 1270. The van der Waals surface area contributed by atoms with Crippen molar-refractivity contribution in [2.45, 2.75) is 0 Å². The first-order valence-electron chi connectivity index (χ1n) is 9.07. The molecule has 4 aromatic carbocycles. The van der Waals surface area contributed by atoms with Gasteiger partial charge in [0.2, 0.25) is 0 Å². The average Bonchev–Trinajstić information content (AvgIpc) is 3.01. The van der Waals surface area contributed by atoms with Crippen molar-refractivity contribution in [3.05, 3.63) is 95.5 Å². The van der Waals surface area contributed by atoms with E-state index in [1.165, 1.54) is 44.1 Å². The Balaban J connectivity index is 1.83. The zero-order valence-electron chi connectivity index (χ0n) is 15.0. The fraction of sp³-hybridized carbons (Fsp3) is 0. The van der Waals surface area contributed by atoms with Gasteiger partial charge in [-0.1, -0.05) is 76.0 Å². The number of nitrogens with zero attached hydrogens (tertiary/aromatic N) is 1. The van der Waals surface area contributed by atoms with Crippen LogP contribution in [0.5, 0.6) is 0 Å². The molecule has 0 saturated heterocycles. The average molecular weight is 410 g/mol. The van der Waals surface area contributed by atoms with Gasteiger partial charge in [0.1, 0.15) is 7.85 Å². The van der Waals surface area contributed by atoms with Crippen LogP contribution in [0.3, 0.4) is 0 Å². The molecular formula is C24H17BBrN. The maximum absolute atomic E-state index is 3.63. The Kier molecular flexibility index (Phi) is 3.91. The molecule has 5 rings (SSSR count). The second-order valence-electron chi connectivity index (χ2n) is 6.94. The van der Waals surface area contributed by atoms with Gasteiger partial charge < -0.3 is 4.57 Å². The molecule has 0 N–H and O–H groups in total. The zero-order chi connectivity index (χ0) is 18.4. The summed E-state index contributed by atoms with van der Waals surface area (Å²) in [7, 11) is 2.13. The maximum Gasteiger partial charge on any atom is 0.139 e. The Hall–Kier alpha value is -2.78. The van der Waals surface area contributed by atoms with Crippen LogP contribution in [0.4, 0.5) is 0 Å². The molecule has 0 bridgehead atoms. The predicted molar refractivity (Wildman–Crippen MR) is 122 cm³/mol. The second kappa shape index (κ2) is 6.43. The summed E-state index contributed by atoms with van der Waals surface area (Å²) in [5.41, 5.74) is 7.39. The summed E-state index contributed by atoms with van der Waals surface area (Å²) in [6.45, 7) is 0. The van der Waals surface area contributed by atoms with Crippen molar-refractivity contribution in [1.82, 2.24) is 4.57 Å². The SMILES string of the molecule is Bc1cc(Br)cc(-c2ccc3c(c2)c2ccccc2n3-c2ccccc2)c1. The summed E-state index contributed by atoms with van der Waals surface area (Å²) in [5, 5.41) is 2.56. The summed E-state index contributed by atoms with van der Waals surface area (Å²) in [6.07, 6.45) is 0. The smallest absolute Gasteiger partial charge is 0.139 e. The quantitative estimate of drug-likeness (QED) is 0.340. The first-order valence-corrected chi connectivity index (χ1v) is 9.86. The van der Waals surface area contributed by atoms with Crippen molar-refractivity contribution in [1.29, 1.82) is 0 Å². The molecule has 27 heavy (non-hydrogen) atoms. The van der Waals surface area contributed by atoms with Crippen molar-refractivity contribution < 1.29 is 0 Å². The lowest BCUT2D eigenvalue weighted by atomic mass is 9.92. The first-order chi connectivity index (χ1) is 13.2. The zero-order valence-corrected chi connectivity index (χ0v) is 16.6. The number of halogens is 1. The van der Waals surface area contributed by atoms with Gasteiger partial charge in [-0.05, 0) is 47.5 Å². The van der Waals surface area contributed by atoms with Gasteiger partial charge >= 0.3 is 0 Å². The van der Waals surface area contributed by atoms with E-state index < -0.39 is 0 Å². The first kappa shape index (κ1) is 16.4. The van der Waals surface area contributed by atoms with Crippen LogP contribution in [0, 0.1) is 0 Å². The van der Waals surface area contributed by atoms with Crippen molar-refractivity contribution in [3.63, 3.8) is 0 Å². The molecule has 0 unspecified atom stereocenters. The third kappa shape index (κ3) is 2.79. The van der Waals surface area contributed by atoms with Gasteiger partial charge in [0.05, 0.1) is 11.0 Å². The van der Waals surface area contributed by atoms with E-state index >= 15 is 0 Å². The molecule has 0 saturated carbocycles. The number of rotatable bonds is 2. The predicted octanol–water partition coefficient (Wildman–Crippen LogP) is 5.47. The Morgan fingerprint density at radius 3 is 2.19 bits per heavy atom. The number of hydrogen-bond acceptors (Lipinski definition) is 0. The molecule has 5 aromatic rings. The van der Waals surface area contributed by atoms with Crippen molar-refractivity contribution >= 4 is 51.0 Å². The highest BCUT2D eigenvalue weighted by Crippen LogP contribution is 2.34. The highest BCUT2D eigenvalue weighted by atomic mass is 79.9. The van der Waals surface area contributed by atoms with Crippen LogP contribution in [0.15, 0.2) is 95.5 Å². The van der Waals surface area contributed by atoms with Crippen molar-refractivity contribution in [3.8, 4) is 16.8 Å². The lowest BCUT2D eigenvalue weighted by Gasteiger charge is -2.08. The minimum Gasteiger partial charge on any atom is -0.309 e. The Morgan fingerprint density at radius 1 is 0.630 bits per heavy atom. The summed E-state index contributed by atoms with van der Waals surface area (Å²) < 4.78 is 3.46. The molecule has 128 valence electrons. The summed E-state index contributed by atoms with van der Waals surface area (Å²) in [6, 6.07) is 32.6. The van der Waals surface area contributed by atoms with E-state index in [4.69, 9.17) is 0 Å². The second-order valence-corrected chi connectivity index (χ2v) is 7.85. The van der Waals surface area contributed by atoms with E-state index in [1.54, 1.807) is 0 Å². The summed E-state index contributed by atoms with van der Waals surface area (Å²) >= 11 is 3.63. The third-order valence-corrected chi connectivity index (χ3v) is 5.52. The normalized spacial score (nSPS) is 11.3. The monoisotopic (exact) mass is 409 g/mol. The minimum atomic E-state index is 1.12. The maximum atomic E-state index is 3.63. The number of fused-ring (bicyclic) bond motifs is 3. The highest BCUT2D eigenvalue weighted by Gasteiger charge is 2.12. The lowest BCUT2D eigenvalue weighted by Crippen LogP contribution is -2.01.